The maximum Gasteiger partial charge on any atom is 0.221 e. The summed E-state index contributed by atoms with van der Waals surface area (Å²) in [5.41, 5.74) is 8.09. The lowest BCUT2D eigenvalue weighted by atomic mass is 9.89. The highest BCUT2D eigenvalue weighted by atomic mass is 16.1. The average Bonchev–Trinajstić information content (AvgIpc) is 2.51. The van der Waals surface area contributed by atoms with Gasteiger partial charge in [-0.1, -0.05) is 50.6 Å². The molecule has 0 saturated heterocycles. The molecule has 3 heteroatoms. The molecule has 1 aromatic carbocycles. The van der Waals surface area contributed by atoms with Crippen molar-refractivity contribution in [1.29, 1.82) is 0 Å². The molecule has 1 rings (SSSR count). The quantitative estimate of drug-likeness (QED) is 0.769. The summed E-state index contributed by atoms with van der Waals surface area (Å²) < 4.78 is 0. The molecular formula is C18H30N2O. The van der Waals surface area contributed by atoms with Crippen LogP contribution in [-0.4, -0.2) is 18.0 Å². The molecule has 0 aliphatic rings. The molecule has 118 valence electrons. The van der Waals surface area contributed by atoms with Crippen molar-refractivity contribution in [2.24, 2.45) is 5.73 Å². The molecule has 0 saturated carbocycles. The summed E-state index contributed by atoms with van der Waals surface area (Å²) >= 11 is 0. The van der Waals surface area contributed by atoms with Gasteiger partial charge in [0.25, 0.3) is 0 Å². The molecule has 21 heavy (non-hydrogen) atoms. The second kappa shape index (κ2) is 8.18. The third-order valence-corrected chi connectivity index (χ3v) is 4.62. The van der Waals surface area contributed by atoms with E-state index < -0.39 is 0 Å². The van der Waals surface area contributed by atoms with E-state index in [2.05, 4.69) is 57.3 Å². The van der Waals surface area contributed by atoms with Gasteiger partial charge in [-0.2, -0.15) is 0 Å². The number of nitrogens with two attached hydrogens (primary N) is 1. The minimum absolute atomic E-state index is 0.108. The van der Waals surface area contributed by atoms with Crippen LogP contribution in [0.2, 0.25) is 0 Å². The maximum absolute atomic E-state index is 12.4. The Balaban J connectivity index is 2.73. The van der Waals surface area contributed by atoms with Gasteiger partial charge in [0.15, 0.2) is 0 Å². The summed E-state index contributed by atoms with van der Waals surface area (Å²) in [5.74, 6) is 0.381. The zero-order valence-electron chi connectivity index (χ0n) is 13.9. The molecule has 3 N–H and O–H groups in total. The minimum atomic E-state index is -0.247. The van der Waals surface area contributed by atoms with E-state index in [4.69, 9.17) is 5.73 Å². The van der Waals surface area contributed by atoms with E-state index >= 15 is 0 Å². The van der Waals surface area contributed by atoms with Crippen molar-refractivity contribution in [3.05, 3.63) is 35.4 Å². The normalized spacial score (nSPS) is 13.0. The summed E-state index contributed by atoms with van der Waals surface area (Å²) in [6, 6.07) is 8.48. The molecular weight excluding hydrogens is 260 g/mol. The first-order valence-corrected chi connectivity index (χ1v) is 8.07. The summed E-state index contributed by atoms with van der Waals surface area (Å²) in [6.07, 6.45) is 3.23. The summed E-state index contributed by atoms with van der Waals surface area (Å²) in [4.78, 5) is 12.4. The monoisotopic (exact) mass is 290 g/mol. The summed E-state index contributed by atoms with van der Waals surface area (Å²) in [6.45, 7) is 8.86. The van der Waals surface area contributed by atoms with Crippen LogP contribution < -0.4 is 11.1 Å². The third-order valence-electron chi connectivity index (χ3n) is 4.62. The zero-order valence-corrected chi connectivity index (χ0v) is 13.9. The van der Waals surface area contributed by atoms with E-state index in [1.54, 1.807) is 0 Å². The van der Waals surface area contributed by atoms with E-state index in [1.165, 1.54) is 11.1 Å². The van der Waals surface area contributed by atoms with Gasteiger partial charge in [0, 0.05) is 13.0 Å². The third kappa shape index (κ3) is 4.85. The maximum atomic E-state index is 12.4. The Morgan fingerprint density at radius 1 is 1.19 bits per heavy atom. The minimum Gasteiger partial charge on any atom is -0.349 e. The van der Waals surface area contributed by atoms with E-state index in [9.17, 15) is 4.79 Å². The molecule has 3 nitrogen and oxygen atoms in total. The van der Waals surface area contributed by atoms with Crippen LogP contribution in [0.3, 0.4) is 0 Å². The van der Waals surface area contributed by atoms with Crippen LogP contribution >= 0.6 is 0 Å². The van der Waals surface area contributed by atoms with E-state index in [-0.39, 0.29) is 17.4 Å². The number of carbonyl (C=O) groups excluding carboxylic acids is 1. The highest BCUT2D eigenvalue weighted by Gasteiger charge is 2.27. The molecule has 0 aliphatic heterocycles. The molecule has 0 aromatic heterocycles. The Morgan fingerprint density at radius 2 is 1.76 bits per heavy atom. The fourth-order valence-electron chi connectivity index (χ4n) is 2.67. The topological polar surface area (TPSA) is 55.1 Å². The molecule has 1 unspecified atom stereocenters. The van der Waals surface area contributed by atoms with Gasteiger partial charge in [-0.25, -0.2) is 0 Å². The van der Waals surface area contributed by atoms with Gasteiger partial charge < -0.3 is 11.1 Å². The number of benzene rings is 1. The second-order valence-corrected chi connectivity index (χ2v) is 5.96. The fourth-order valence-corrected chi connectivity index (χ4v) is 2.67. The molecule has 0 aliphatic carbocycles. The van der Waals surface area contributed by atoms with Crippen molar-refractivity contribution < 1.29 is 4.79 Å². The molecule has 1 atom stereocenters. The Kier molecular flexibility index (Phi) is 6.90. The van der Waals surface area contributed by atoms with Crippen LogP contribution in [0.25, 0.3) is 0 Å². The molecule has 0 bridgehead atoms. The molecule has 0 heterocycles. The van der Waals surface area contributed by atoms with Crippen molar-refractivity contribution in [2.75, 3.05) is 6.54 Å². The fraction of sp³-hybridized carbons (Fsp3) is 0.611. The first-order valence-electron chi connectivity index (χ1n) is 8.07. The lowest BCUT2D eigenvalue weighted by Crippen LogP contribution is -2.53. The van der Waals surface area contributed by atoms with Crippen LogP contribution in [-0.2, 0) is 4.79 Å². The van der Waals surface area contributed by atoms with Gasteiger partial charge in [-0.3, -0.25) is 4.79 Å². The number of hydrogen-bond donors (Lipinski definition) is 2. The van der Waals surface area contributed by atoms with Gasteiger partial charge in [0.2, 0.25) is 5.91 Å². The van der Waals surface area contributed by atoms with Gasteiger partial charge in [0.05, 0.1) is 5.54 Å². The average molecular weight is 290 g/mol. The number of nitrogens with one attached hydrogen (secondary N) is 1. The number of amides is 1. The van der Waals surface area contributed by atoms with Crippen molar-refractivity contribution in [3.63, 3.8) is 0 Å². The highest BCUT2D eigenvalue weighted by molar-refractivity contribution is 5.77. The predicted molar refractivity (Wildman–Crippen MR) is 89.3 cm³/mol. The van der Waals surface area contributed by atoms with Crippen LogP contribution in [0.5, 0.6) is 0 Å². The van der Waals surface area contributed by atoms with Crippen LogP contribution in [0.1, 0.15) is 63.5 Å². The molecule has 0 fully saturated rings. The Labute approximate surface area is 129 Å². The molecule has 0 radical (unpaired) electrons. The van der Waals surface area contributed by atoms with E-state index in [1.807, 2.05) is 0 Å². The van der Waals surface area contributed by atoms with Gasteiger partial charge in [-0.15, -0.1) is 0 Å². The first-order chi connectivity index (χ1) is 10.00. The van der Waals surface area contributed by atoms with E-state index in [0.29, 0.717) is 13.0 Å². The number of rotatable bonds is 8. The number of aryl methyl sites for hydroxylation is 1. The highest BCUT2D eigenvalue weighted by Crippen LogP contribution is 2.24. The lowest BCUT2D eigenvalue weighted by molar-refractivity contribution is -0.123. The Hall–Kier alpha value is -1.35. The van der Waals surface area contributed by atoms with Crippen LogP contribution in [0.4, 0.5) is 0 Å². The summed E-state index contributed by atoms with van der Waals surface area (Å²) in [7, 11) is 0. The standard InChI is InChI=1S/C18H30N2O/c1-5-15(16-10-8-14(4)9-11-16)12-17(21)20-18(6-2,7-3)13-19/h8-11,15H,5-7,12-13,19H2,1-4H3,(H,20,21). The molecule has 1 aromatic rings. The predicted octanol–water partition coefficient (Wildman–Crippen LogP) is 3.51. The lowest BCUT2D eigenvalue weighted by Gasteiger charge is -2.32. The smallest absolute Gasteiger partial charge is 0.221 e. The van der Waals surface area contributed by atoms with Gasteiger partial charge in [0.1, 0.15) is 0 Å². The Bertz CT molecular complexity index is 427. The van der Waals surface area contributed by atoms with Gasteiger partial charge >= 0.3 is 0 Å². The molecule has 1 amide bonds. The SMILES string of the molecule is CCC(CC(=O)NC(CC)(CC)CN)c1ccc(C)cc1. The van der Waals surface area contributed by atoms with E-state index in [0.717, 1.165) is 19.3 Å². The largest absolute Gasteiger partial charge is 0.349 e. The Morgan fingerprint density at radius 3 is 2.19 bits per heavy atom. The van der Waals surface area contributed by atoms with Crippen molar-refractivity contribution in [3.8, 4) is 0 Å². The number of carbonyl (C=O) groups is 1. The second-order valence-electron chi connectivity index (χ2n) is 5.96. The first kappa shape index (κ1) is 17.7. The number of hydrogen-bond acceptors (Lipinski definition) is 2. The van der Waals surface area contributed by atoms with Crippen LogP contribution in [0, 0.1) is 6.92 Å². The van der Waals surface area contributed by atoms with Crippen LogP contribution in [0.15, 0.2) is 24.3 Å². The van der Waals surface area contributed by atoms with Crippen molar-refractivity contribution in [1.82, 2.24) is 5.32 Å². The zero-order chi connectivity index (χ0) is 15.9. The van der Waals surface area contributed by atoms with Gasteiger partial charge in [-0.05, 0) is 37.7 Å². The van der Waals surface area contributed by atoms with Crippen molar-refractivity contribution in [2.45, 2.75) is 64.8 Å². The van der Waals surface area contributed by atoms with Crippen molar-refractivity contribution >= 4 is 5.91 Å². The molecule has 0 spiro atoms. The summed E-state index contributed by atoms with van der Waals surface area (Å²) in [5, 5.41) is 3.16.